The molecule has 2 aromatic rings. The second-order valence-corrected chi connectivity index (χ2v) is 7.66. The van der Waals surface area contributed by atoms with Gasteiger partial charge >= 0.3 is 0 Å². The van der Waals surface area contributed by atoms with Crippen molar-refractivity contribution in [1.82, 2.24) is 9.88 Å². The van der Waals surface area contributed by atoms with Gasteiger partial charge < -0.3 is 14.4 Å². The van der Waals surface area contributed by atoms with Crippen LogP contribution < -0.4 is 9.47 Å². The summed E-state index contributed by atoms with van der Waals surface area (Å²) in [6.45, 7) is 3.55. The number of rotatable bonds is 2. The van der Waals surface area contributed by atoms with E-state index in [0.717, 1.165) is 28.9 Å². The van der Waals surface area contributed by atoms with Crippen LogP contribution in [0, 0.1) is 0 Å². The summed E-state index contributed by atoms with van der Waals surface area (Å²) in [6, 6.07) is 12.4. The molecule has 0 N–H and O–H groups in total. The third kappa shape index (κ3) is 2.17. The zero-order valence-corrected chi connectivity index (χ0v) is 14.1. The number of pyridine rings is 1. The molecule has 3 atom stereocenters. The summed E-state index contributed by atoms with van der Waals surface area (Å²) in [4.78, 5) is 12.0. The highest BCUT2D eigenvalue weighted by Crippen LogP contribution is 2.48. The number of aliphatic imine (C=N–C) groups is 1. The van der Waals surface area contributed by atoms with Crippen LogP contribution in [0.4, 0.5) is 0 Å². The molecule has 0 saturated carbocycles. The first-order valence-electron chi connectivity index (χ1n) is 8.11. The Morgan fingerprint density at radius 1 is 1.17 bits per heavy atom. The van der Waals surface area contributed by atoms with Crippen LogP contribution in [0.1, 0.15) is 30.3 Å². The van der Waals surface area contributed by atoms with Crippen molar-refractivity contribution in [2.24, 2.45) is 4.99 Å². The van der Waals surface area contributed by atoms with Gasteiger partial charge in [-0.1, -0.05) is 30.8 Å². The molecule has 1 fully saturated rings. The standard InChI is InChI=1S/C18H17N3O2S/c1-11-9-21-17(12-5-6-14-15(8-12)23-10-22-14)16(20-18(21)24-11)13-4-2-3-7-19-13/h2-8,11,16-17H,9-10H2,1H3/t11-,16+,17-/m1/s1. The van der Waals surface area contributed by atoms with Crippen molar-refractivity contribution in [3.8, 4) is 11.5 Å². The Morgan fingerprint density at radius 2 is 2.08 bits per heavy atom. The zero-order valence-electron chi connectivity index (χ0n) is 13.3. The molecule has 24 heavy (non-hydrogen) atoms. The van der Waals surface area contributed by atoms with Gasteiger partial charge in [-0.2, -0.15) is 0 Å². The van der Waals surface area contributed by atoms with E-state index in [-0.39, 0.29) is 12.1 Å². The Hall–Kier alpha value is -2.21. The molecule has 3 aliphatic rings. The van der Waals surface area contributed by atoms with E-state index < -0.39 is 0 Å². The lowest BCUT2D eigenvalue weighted by atomic mass is 9.96. The lowest BCUT2D eigenvalue weighted by Gasteiger charge is -2.27. The monoisotopic (exact) mass is 339 g/mol. The summed E-state index contributed by atoms with van der Waals surface area (Å²) in [6.07, 6.45) is 1.84. The van der Waals surface area contributed by atoms with E-state index in [1.54, 1.807) is 0 Å². The number of ether oxygens (including phenoxy) is 2. The first-order chi connectivity index (χ1) is 11.8. The Kier molecular flexibility index (Phi) is 3.19. The van der Waals surface area contributed by atoms with E-state index in [1.807, 2.05) is 36.2 Å². The average molecular weight is 339 g/mol. The molecular formula is C18H17N3O2S. The van der Waals surface area contributed by atoms with Gasteiger partial charge in [0.05, 0.1) is 11.7 Å². The van der Waals surface area contributed by atoms with Crippen molar-refractivity contribution in [3.63, 3.8) is 0 Å². The lowest BCUT2D eigenvalue weighted by Crippen LogP contribution is -2.28. The number of hydrogen-bond donors (Lipinski definition) is 0. The number of aromatic nitrogens is 1. The van der Waals surface area contributed by atoms with Gasteiger partial charge in [-0.25, -0.2) is 0 Å². The zero-order chi connectivity index (χ0) is 16.1. The van der Waals surface area contributed by atoms with E-state index in [9.17, 15) is 0 Å². The largest absolute Gasteiger partial charge is 0.454 e. The maximum absolute atomic E-state index is 5.57. The summed E-state index contributed by atoms with van der Waals surface area (Å²) in [7, 11) is 0. The van der Waals surface area contributed by atoms with Crippen LogP contribution in [-0.2, 0) is 0 Å². The number of amidine groups is 1. The van der Waals surface area contributed by atoms with Crippen molar-refractivity contribution in [1.29, 1.82) is 0 Å². The molecule has 0 unspecified atom stereocenters. The van der Waals surface area contributed by atoms with E-state index in [1.165, 1.54) is 5.56 Å². The average Bonchev–Trinajstić information content (AvgIpc) is 3.28. The van der Waals surface area contributed by atoms with Crippen LogP contribution in [0.15, 0.2) is 47.6 Å². The molecule has 0 bridgehead atoms. The highest BCUT2D eigenvalue weighted by Gasteiger charge is 2.43. The normalized spacial score (nSPS) is 27.3. The number of nitrogens with zero attached hydrogens (tertiary/aromatic N) is 3. The van der Waals surface area contributed by atoms with Gasteiger partial charge in [-0.05, 0) is 29.8 Å². The van der Waals surface area contributed by atoms with Crippen LogP contribution in [0.25, 0.3) is 0 Å². The quantitative estimate of drug-likeness (QED) is 0.839. The summed E-state index contributed by atoms with van der Waals surface area (Å²) in [5.41, 5.74) is 2.21. The van der Waals surface area contributed by atoms with E-state index >= 15 is 0 Å². The Labute approximate surface area is 144 Å². The molecule has 1 saturated heterocycles. The number of fused-ring (bicyclic) bond motifs is 2. The molecule has 6 heteroatoms. The second-order valence-electron chi connectivity index (χ2n) is 6.25. The first-order valence-corrected chi connectivity index (χ1v) is 8.99. The smallest absolute Gasteiger partial charge is 0.231 e. The molecule has 0 amide bonds. The van der Waals surface area contributed by atoms with Crippen LogP contribution in [0.5, 0.6) is 11.5 Å². The van der Waals surface area contributed by atoms with Gasteiger partial charge in [0.1, 0.15) is 6.04 Å². The minimum absolute atomic E-state index is 0.0153. The topological polar surface area (TPSA) is 47.0 Å². The van der Waals surface area contributed by atoms with E-state index in [0.29, 0.717) is 12.0 Å². The highest BCUT2D eigenvalue weighted by atomic mass is 32.2. The number of thioether (sulfide) groups is 1. The third-order valence-electron chi connectivity index (χ3n) is 4.62. The van der Waals surface area contributed by atoms with Crippen molar-refractivity contribution in [2.45, 2.75) is 24.3 Å². The molecule has 3 aliphatic heterocycles. The molecule has 0 aliphatic carbocycles. The number of hydrogen-bond acceptors (Lipinski definition) is 6. The fraction of sp³-hybridized carbons (Fsp3) is 0.333. The van der Waals surface area contributed by atoms with Gasteiger partial charge in [0, 0.05) is 18.0 Å². The third-order valence-corrected chi connectivity index (χ3v) is 5.72. The predicted octanol–water partition coefficient (Wildman–Crippen LogP) is 3.40. The summed E-state index contributed by atoms with van der Waals surface area (Å²) in [5, 5.41) is 1.69. The Balaban J connectivity index is 1.58. The summed E-state index contributed by atoms with van der Waals surface area (Å²) >= 11 is 1.85. The van der Waals surface area contributed by atoms with Gasteiger partial charge in [-0.15, -0.1) is 0 Å². The van der Waals surface area contributed by atoms with E-state index in [2.05, 4.69) is 35.0 Å². The molecule has 122 valence electrons. The molecule has 0 spiro atoms. The molecule has 1 aromatic carbocycles. The van der Waals surface area contributed by atoms with Gasteiger partial charge in [0.25, 0.3) is 0 Å². The van der Waals surface area contributed by atoms with Crippen LogP contribution >= 0.6 is 11.8 Å². The predicted molar refractivity (Wildman–Crippen MR) is 93.5 cm³/mol. The lowest BCUT2D eigenvalue weighted by molar-refractivity contribution is 0.174. The van der Waals surface area contributed by atoms with Gasteiger partial charge in [0.2, 0.25) is 6.79 Å². The summed E-state index contributed by atoms with van der Waals surface area (Å²) in [5.74, 6) is 1.64. The maximum Gasteiger partial charge on any atom is 0.231 e. The fourth-order valence-electron chi connectivity index (χ4n) is 3.58. The molecule has 4 heterocycles. The van der Waals surface area contributed by atoms with Crippen LogP contribution in [0.3, 0.4) is 0 Å². The molecule has 5 nitrogen and oxygen atoms in total. The summed E-state index contributed by atoms with van der Waals surface area (Å²) < 4.78 is 11.0. The Bertz CT molecular complexity index is 811. The van der Waals surface area contributed by atoms with Crippen LogP contribution in [0.2, 0.25) is 0 Å². The van der Waals surface area contributed by atoms with Gasteiger partial charge in [0.15, 0.2) is 16.7 Å². The molecule has 1 aromatic heterocycles. The number of benzene rings is 1. The van der Waals surface area contributed by atoms with Crippen molar-refractivity contribution in [3.05, 3.63) is 53.9 Å². The molecule has 0 radical (unpaired) electrons. The second kappa shape index (κ2) is 5.41. The highest BCUT2D eigenvalue weighted by molar-refractivity contribution is 8.14. The first kappa shape index (κ1) is 14.2. The fourth-order valence-corrected chi connectivity index (χ4v) is 4.67. The van der Waals surface area contributed by atoms with E-state index in [4.69, 9.17) is 14.5 Å². The van der Waals surface area contributed by atoms with Crippen molar-refractivity contribution < 1.29 is 9.47 Å². The minimum atomic E-state index is 0.0153. The Morgan fingerprint density at radius 3 is 2.96 bits per heavy atom. The molecular weight excluding hydrogens is 322 g/mol. The SMILES string of the molecule is C[C@@H]1CN2C(=N[C@@H](c3ccccn3)[C@H]2c2ccc3c(c2)OCO3)S1. The van der Waals surface area contributed by atoms with Crippen molar-refractivity contribution in [2.75, 3.05) is 13.3 Å². The minimum Gasteiger partial charge on any atom is -0.454 e. The van der Waals surface area contributed by atoms with Crippen molar-refractivity contribution >= 4 is 16.9 Å². The maximum atomic E-state index is 5.57. The van der Waals surface area contributed by atoms with Crippen LogP contribution in [-0.4, -0.2) is 33.6 Å². The van der Waals surface area contributed by atoms with Gasteiger partial charge in [-0.3, -0.25) is 9.98 Å². The molecule has 5 rings (SSSR count).